The van der Waals surface area contributed by atoms with E-state index in [-0.39, 0.29) is 17.8 Å². The number of pyridine rings is 1. The van der Waals surface area contributed by atoms with Crippen molar-refractivity contribution in [2.75, 3.05) is 18.1 Å². The second-order valence-electron chi connectivity index (χ2n) is 9.04. The standard InChI is InChI=1S/C23H26FN5O5S/c1-14-8-15(6-7-28(14)23(30)34-35(2,31)32)18-9-17-12-33-11-16-4-3-5-20(24)19(16)10-25-21(17)29-13-26-27-22(18)29/h3-5,9,13-15,25H,6-8,10-12H2,1-2H3. The number of fused-ring (bicyclic) bond motifs is 4. The van der Waals surface area contributed by atoms with Crippen LogP contribution in [-0.2, 0) is 38.8 Å². The molecule has 4 heterocycles. The summed E-state index contributed by atoms with van der Waals surface area (Å²) in [4.78, 5) is 13.7. The Labute approximate surface area is 202 Å². The largest absolute Gasteiger partial charge is 0.425 e. The summed E-state index contributed by atoms with van der Waals surface area (Å²) in [5.41, 5.74) is 3.90. The lowest BCUT2D eigenvalue weighted by molar-refractivity contribution is 0.107. The monoisotopic (exact) mass is 503 g/mol. The van der Waals surface area contributed by atoms with Gasteiger partial charge in [0.05, 0.1) is 19.5 Å². The molecule has 2 aliphatic heterocycles. The molecule has 12 heteroatoms. The minimum atomic E-state index is -3.88. The molecule has 2 atom stereocenters. The molecular weight excluding hydrogens is 477 g/mol. The van der Waals surface area contributed by atoms with Crippen LogP contribution in [0, 0.1) is 5.82 Å². The summed E-state index contributed by atoms with van der Waals surface area (Å²) in [7, 11) is -3.88. The fourth-order valence-electron chi connectivity index (χ4n) is 4.96. The summed E-state index contributed by atoms with van der Waals surface area (Å²) >= 11 is 0. The van der Waals surface area contributed by atoms with E-state index in [1.165, 1.54) is 11.0 Å². The van der Waals surface area contributed by atoms with E-state index < -0.39 is 16.2 Å². The van der Waals surface area contributed by atoms with Crippen molar-refractivity contribution < 1.29 is 26.5 Å². The molecule has 2 aromatic heterocycles. The number of amides is 1. The van der Waals surface area contributed by atoms with Crippen molar-refractivity contribution in [2.24, 2.45) is 0 Å². The van der Waals surface area contributed by atoms with Gasteiger partial charge in [-0.15, -0.1) is 10.2 Å². The molecule has 0 bridgehead atoms. The van der Waals surface area contributed by atoms with Crippen molar-refractivity contribution in [2.45, 2.75) is 51.5 Å². The van der Waals surface area contributed by atoms with Crippen molar-refractivity contribution in [1.82, 2.24) is 19.5 Å². The van der Waals surface area contributed by atoms with Gasteiger partial charge in [-0.05, 0) is 43.4 Å². The fraction of sp³-hybridized carbons (Fsp3) is 0.435. The van der Waals surface area contributed by atoms with Gasteiger partial charge in [-0.1, -0.05) is 12.1 Å². The SMILES string of the molecule is CC1CC(c2cc3c(n4cnnc24)NCc2c(F)cccc2COC3)CCN1C(=O)OS(C)(=O)=O. The third-order valence-corrected chi connectivity index (χ3v) is 7.06. The van der Waals surface area contributed by atoms with Gasteiger partial charge in [-0.3, -0.25) is 4.40 Å². The minimum Gasteiger partial charge on any atom is -0.372 e. The van der Waals surface area contributed by atoms with Gasteiger partial charge >= 0.3 is 16.2 Å². The first-order valence-electron chi connectivity index (χ1n) is 11.3. The van der Waals surface area contributed by atoms with Crippen molar-refractivity contribution >= 4 is 27.7 Å². The predicted octanol–water partition coefficient (Wildman–Crippen LogP) is 3.17. The molecular formula is C23H26FN5O5S. The first-order valence-corrected chi connectivity index (χ1v) is 13.2. The summed E-state index contributed by atoms with van der Waals surface area (Å²) in [6.45, 7) is 3.12. The second kappa shape index (κ2) is 9.08. The van der Waals surface area contributed by atoms with E-state index >= 15 is 0 Å². The fourth-order valence-corrected chi connectivity index (χ4v) is 5.32. The smallest absolute Gasteiger partial charge is 0.372 e. The lowest BCUT2D eigenvalue weighted by atomic mass is 9.85. The van der Waals surface area contributed by atoms with Crippen molar-refractivity contribution in [3.63, 3.8) is 0 Å². The molecule has 0 saturated carbocycles. The van der Waals surface area contributed by atoms with Crippen LogP contribution in [0.25, 0.3) is 5.65 Å². The summed E-state index contributed by atoms with van der Waals surface area (Å²) in [5.74, 6) is 0.521. The van der Waals surface area contributed by atoms with Crippen LogP contribution >= 0.6 is 0 Å². The van der Waals surface area contributed by atoms with Crippen LogP contribution in [0.4, 0.5) is 15.0 Å². The zero-order valence-electron chi connectivity index (χ0n) is 19.4. The molecule has 3 aromatic rings. The van der Waals surface area contributed by atoms with E-state index in [4.69, 9.17) is 4.74 Å². The van der Waals surface area contributed by atoms with Crippen molar-refractivity contribution in [1.29, 1.82) is 0 Å². The lowest BCUT2D eigenvalue weighted by Gasteiger charge is -2.37. The number of halogens is 1. The number of benzene rings is 1. The molecule has 186 valence electrons. The van der Waals surface area contributed by atoms with Crippen LogP contribution in [0.5, 0.6) is 0 Å². The number of anilines is 1. The molecule has 1 fully saturated rings. The zero-order valence-corrected chi connectivity index (χ0v) is 20.2. The number of carbonyl (C=O) groups is 1. The molecule has 35 heavy (non-hydrogen) atoms. The Morgan fingerprint density at radius 3 is 2.86 bits per heavy atom. The number of nitrogens with zero attached hydrogens (tertiary/aromatic N) is 4. The number of hydrogen-bond donors (Lipinski definition) is 1. The number of likely N-dealkylation sites (tertiary alicyclic amines) is 1. The summed E-state index contributed by atoms with van der Waals surface area (Å²) in [6, 6.07) is 6.79. The highest BCUT2D eigenvalue weighted by Gasteiger charge is 2.33. The van der Waals surface area contributed by atoms with Crippen LogP contribution in [0.1, 0.15) is 47.9 Å². The summed E-state index contributed by atoms with van der Waals surface area (Å²) < 4.78 is 49.6. The number of ether oxygens (including phenoxy) is 1. The van der Waals surface area contributed by atoms with Crippen LogP contribution in [0.2, 0.25) is 0 Å². The van der Waals surface area contributed by atoms with Gasteiger partial charge in [0.15, 0.2) is 5.65 Å². The molecule has 2 aliphatic rings. The summed E-state index contributed by atoms with van der Waals surface area (Å²) in [6.07, 6.45) is 2.82. The Hall–Kier alpha value is -3.25. The van der Waals surface area contributed by atoms with Crippen molar-refractivity contribution in [3.05, 3.63) is 58.7 Å². The second-order valence-corrected chi connectivity index (χ2v) is 10.6. The molecule has 2 unspecified atom stereocenters. The molecule has 1 amide bonds. The van der Waals surface area contributed by atoms with Crippen LogP contribution in [0.3, 0.4) is 0 Å². The Balaban J connectivity index is 1.44. The van der Waals surface area contributed by atoms with E-state index in [1.807, 2.05) is 23.5 Å². The highest BCUT2D eigenvalue weighted by molar-refractivity contribution is 7.86. The minimum absolute atomic E-state index is 0.0616. The number of carbonyl (C=O) groups excluding carboxylic acids is 1. The highest BCUT2D eigenvalue weighted by atomic mass is 32.2. The van der Waals surface area contributed by atoms with Gasteiger partial charge in [0.2, 0.25) is 0 Å². The third kappa shape index (κ3) is 4.67. The molecule has 10 nitrogen and oxygen atoms in total. The van der Waals surface area contributed by atoms with Crippen LogP contribution in [0.15, 0.2) is 30.6 Å². The molecule has 0 radical (unpaired) electrons. The zero-order chi connectivity index (χ0) is 24.7. The van der Waals surface area contributed by atoms with E-state index in [0.29, 0.717) is 50.4 Å². The molecule has 1 aromatic carbocycles. The number of hydrogen-bond acceptors (Lipinski definition) is 8. The number of piperidine rings is 1. The average molecular weight is 504 g/mol. The van der Waals surface area contributed by atoms with E-state index in [1.54, 1.807) is 12.4 Å². The van der Waals surface area contributed by atoms with Crippen LogP contribution in [-0.4, -0.2) is 52.9 Å². The van der Waals surface area contributed by atoms with Gasteiger partial charge in [-0.25, -0.2) is 9.18 Å². The van der Waals surface area contributed by atoms with E-state index in [0.717, 1.165) is 28.8 Å². The van der Waals surface area contributed by atoms with Gasteiger partial charge in [0.1, 0.15) is 18.0 Å². The topological polar surface area (TPSA) is 115 Å². The first kappa shape index (κ1) is 23.5. The van der Waals surface area contributed by atoms with Gasteiger partial charge in [0.25, 0.3) is 0 Å². The maximum absolute atomic E-state index is 14.5. The van der Waals surface area contributed by atoms with E-state index in [9.17, 15) is 17.6 Å². The average Bonchev–Trinajstić information content (AvgIpc) is 3.29. The predicted molar refractivity (Wildman–Crippen MR) is 125 cm³/mol. The normalized spacial score (nSPS) is 20.7. The molecule has 0 aliphatic carbocycles. The Kier molecular flexibility index (Phi) is 6.09. The Morgan fingerprint density at radius 1 is 1.29 bits per heavy atom. The number of rotatable bonds is 2. The summed E-state index contributed by atoms with van der Waals surface area (Å²) in [5, 5.41) is 11.8. The third-order valence-electron chi connectivity index (χ3n) is 6.62. The molecule has 1 N–H and O–H groups in total. The number of aromatic nitrogens is 3. The molecule has 1 saturated heterocycles. The van der Waals surface area contributed by atoms with Gasteiger partial charge in [-0.2, -0.15) is 8.42 Å². The number of nitrogens with one attached hydrogen (secondary N) is 1. The van der Waals surface area contributed by atoms with Crippen molar-refractivity contribution in [3.8, 4) is 0 Å². The maximum atomic E-state index is 14.5. The quantitative estimate of drug-likeness (QED) is 0.531. The maximum Gasteiger partial charge on any atom is 0.425 e. The molecule has 5 rings (SSSR count). The first-order chi connectivity index (χ1) is 16.7. The lowest BCUT2D eigenvalue weighted by Crippen LogP contribution is -2.45. The Bertz CT molecular complexity index is 1390. The Morgan fingerprint density at radius 2 is 2.09 bits per heavy atom. The van der Waals surface area contributed by atoms with E-state index in [2.05, 4.69) is 19.7 Å². The van der Waals surface area contributed by atoms with Gasteiger partial charge in [0, 0.05) is 35.8 Å². The van der Waals surface area contributed by atoms with Crippen LogP contribution < -0.4 is 5.32 Å². The highest BCUT2D eigenvalue weighted by Crippen LogP contribution is 2.36. The molecule has 0 spiro atoms. The van der Waals surface area contributed by atoms with Gasteiger partial charge < -0.3 is 19.1 Å².